The van der Waals surface area contributed by atoms with Crippen molar-refractivity contribution < 1.29 is 17.9 Å². The molecule has 0 radical (unpaired) electrons. The van der Waals surface area contributed by atoms with Crippen molar-refractivity contribution in [2.24, 2.45) is 4.99 Å². The zero-order valence-electron chi connectivity index (χ0n) is 15.9. The maximum atomic E-state index is 12.2. The fourth-order valence-electron chi connectivity index (χ4n) is 4.05. The Hall–Kier alpha value is -2.19. The zero-order valence-corrected chi connectivity index (χ0v) is 17.5. The maximum Gasteiger partial charge on any atom is 0.231 e. The van der Waals surface area contributed by atoms with Crippen LogP contribution in [0.4, 0.5) is 5.69 Å². The first-order valence-electron chi connectivity index (χ1n) is 9.73. The van der Waals surface area contributed by atoms with E-state index in [4.69, 9.17) is 14.5 Å². The normalized spacial score (nSPS) is 23.9. The van der Waals surface area contributed by atoms with Crippen molar-refractivity contribution in [3.63, 3.8) is 0 Å². The highest BCUT2D eigenvalue weighted by atomic mass is 32.2. The predicted molar refractivity (Wildman–Crippen MR) is 116 cm³/mol. The molecule has 0 amide bonds. The molecule has 0 bridgehead atoms. The molecule has 8 heteroatoms. The molecule has 1 fully saturated rings. The summed E-state index contributed by atoms with van der Waals surface area (Å²) < 4.78 is 35.3. The van der Waals surface area contributed by atoms with Crippen molar-refractivity contribution in [1.29, 1.82) is 0 Å². The molecule has 0 saturated carbocycles. The van der Waals surface area contributed by atoms with Crippen LogP contribution in [0, 0.1) is 0 Å². The van der Waals surface area contributed by atoms with E-state index in [1.54, 1.807) is 11.8 Å². The van der Waals surface area contributed by atoms with E-state index in [1.165, 1.54) is 5.56 Å². The molecular weight excluding hydrogens is 408 g/mol. The number of ether oxygens (including phenoxy) is 2. The number of aliphatic imine (C=N–C) groups is 1. The summed E-state index contributed by atoms with van der Waals surface area (Å²) in [4.78, 5) is 6.88. The molecule has 2 atom stereocenters. The van der Waals surface area contributed by atoms with Gasteiger partial charge in [0.2, 0.25) is 6.79 Å². The third kappa shape index (κ3) is 3.83. The Balaban J connectivity index is 1.33. The van der Waals surface area contributed by atoms with Crippen molar-refractivity contribution in [2.75, 3.05) is 29.0 Å². The van der Waals surface area contributed by atoms with Crippen LogP contribution in [0.5, 0.6) is 11.5 Å². The molecule has 2 aromatic carbocycles. The number of aryl methyl sites for hydroxylation is 1. The summed E-state index contributed by atoms with van der Waals surface area (Å²) in [5.74, 6) is 2.62. The molecule has 0 aliphatic carbocycles. The SMILES string of the molecule is O=S1(=O)CC2N=C(SCCCc3ccccc3)N(c3ccc4c(c3)OCO4)C2C1. The van der Waals surface area contributed by atoms with E-state index >= 15 is 0 Å². The highest BCUT2D eigenvalue weighted by molar-refractivity contribution is 8.14. The van der Waals surface area contributed by atoms with E-state index < -0.39 is 9.84 Å². The molecular formula is C21H22N2O4S2. The average Bonchev–Trinajstić information content (AvgIpc) is 3.37. The minimum Gasteiger partial charge on any atom is -0.454 e. The van der Waals surface area contributed by atoms with Crippen molar-refractivity contribution in [2.45, 2.75) is 24.9 Å². The van der Waals surface area contributed by atoms with Gasteiger partial charge in [0.15, 0.2) is 26.5 Å². The number of benzene rings is 2. The van der Waals surface area contributed by atoms with Gasteiger partial charge in [-0.25, -0.2) is 8.42 Å². The van der Waals surface area contributed by atoms with Gasteiger partial charge in [-0.05, 0) is 30.5 Å². The Bertz CT molecular complexity index is 1040. The van der Waals surface area contributed by atoms with Crippen molar-refractivity contribution in [3.05, 3.63) is 54.1 Å². The lowest BCUT2D eigenvalue weighted by atomic mass is 10.1. The average molecular weight is 431 g/mol. The lowest BCUT2D eigenvalue weighted by molar-refractivity contribution is 0.174. The molecule has 5 rings (SSSR count). The van der Waals surface area contributed by atoms with Crippen LogP contribution in [0.2, 0.25) is 0 Å². The number of hydrogen-bond acceptors (Lipinski definition) is 7. The van der Waals surface area contributed by atoms with Crippen molar-refractivity contribution in [1.82, 2.24) is 0 Å². The molecule has 29 heavy (non-hydrogen) atoms. The summed E-state index contributed by atoms with van der Waals surface area (Å²) in [7, 11) is -3.06. The van der Waals surface area contributed by atoms with E-state index in [0.717, 1.165) is 35.2 Å². The molecule has 0 N–H and O–H groups in total. The summed E-state index contributed by atoms with van der Waals surface area (Å²) in [6, 6.07) is 15.9. The number of hydrogen-bond donors (Lipinski definition) is 0. The van der Waals surface area contributed by atoms with Crippen LogP contribution in [0.1, 0.15) is 12.0 Å². The Morgan fingerprint density at radius 2 is 1.90 bits per heavy atom. The van der Waals surface area contributed by atoms with Gasteiger partial charge in [0.1, 0.15) is 0 Å². The van der Waals surface area contributed by atoms with Crippen LogP contribution in [0.25, 0.3) is 0 Å². The van der Waals surface area contributed by atoms with E-state index in [0.29, 0.717) is 5.75 Å². The highest BCUT2D eigenvalue weighted by Crippen LogP contribution is 2.40. The second-order valence-electron chi connectivity index (χ2n) is 7.47. The fourth-order valence-corrected chi connectivity index (χ4v) is 6.96. The topological polar surface area (TPSA) is 68.2 Å². The Labute approximate surface area is 174 Å². The first-order chi connectivity index (χ1) is 14.1. The Morgan fingerprint density at radius 3 is 2.76 bits per heavy atom. The van der Waals surface area contributed by atoms with Crippen LogP contribution in [0.15, 0.2) is 53.5 Å². The third-order valence-electron chi connectivity index (χ3n) is 5.43. The summed E-state index contributed by atoms with van der Waals surface area (Å²) in [5, 5.41) is 0.904. The maximum absolute atomic E-state index is 12.2. The van der Waals surface area contributed by atoms with Crippen molar-refractivity contribution in [3.8, 4) is 11.5 Å². The molecule has 3 aliphatic rings. The fraction of sp³-hybridized carbons (Fsp3) is 0.381. The molecule has 1 saturated heterocycles. The van der Waals surface area contributed by atoms with Gasteiger partial charge in [0.05, 0.1) is 23.6 Å². The standard InChI is InChI=1S/C21H22N2O4S2/c24-29(25)12-17-18(13-29)23(16-8-9-19-20(11-16)27-14-26-19)21(22-17)28-10-4-7-15-5-2-1-3-6-15/h1-3,5-6,8-9,11,17-18H,4,7,10,12-14H2. The minimum absolute atomic E-state index is 0.132. The largest absolute Gasteiger partial charge is 0.454 e. The molecule has 0 spiro atoms. The Kier molecular flexibility index (Phi) is 4.91. The van der Waals surface area contributed by atoms with E-state index in [2.05, 4.69) is 29.2 Å². The highest BCUT2D eigenvalue weighted by Gasteiger charge is 2.47. The number of thioether (sulfide) groups is 1. The smallest absolute Gasteiger partial charge is 0.231 e. The lowest BCUT2D eigenvalue weighted by Crippen LogP contribution is -2.39. The van der Waals surface area contributed by atoms with Crippen LogP contribution in [-0.2, 0) is 16.3 Å². The molecule has 2 unspecified atom stereocenters. The third-order valence-corrected chi connectivity index (χ3v) is 8.18. The van der Waals surface area contributed by atoms with Crippen molar-refractivity contribution >= 4 is 32.5 Å². The monoisotopic (exact) mass is 430 g/mol. The van der Waals surface area contributed by atoms with E-state index in [9.17, 15) is 8.42 Å². The summed E-state index contributed by atoms with van der Waals surface area (Å²) in [6.45, 7) is 0.217. The zero-order chi connectivity index (χ0) is 19.8. The number of sulfone groups is 1. The quantitative estimate of drug-likeness (QED) is 0.679. The van der Waals surface area contributed by atoms with Crippen LogP contribution >= 0.6 is 11.8 Å². The summed E-state index contributed by atoms with van der Waals surface area (Å²) in [6.07, 6.45) is 2.06. The van der Waals surface area contributed by atoms with E-state index in [-0.39, 0.29) is 30.4 Å². The van der Waals surface area contributed by atoms with Crippen LogP contribution in [0.3, 0.4) is 0 Å². The van der Waals surface area contributed by atoms with Gasteiger partial charge in [-0.1, -0.05) is 42.1 Å². The van der Waals surface area contributed by atoms with Gasteiger partial charge in [-0.15, -0.1) is 0 Å². The van der Waals surface area contributed by atoms with Gasteiger partial charge < -0.3 is 14.4 Å². The van der Waals surface area contributed by atoms with Crippen LogP contribution in [-0.4, -0.2) is 49.7 Å². The second kappa shape index (κ2) is 7.57. The Morgan fingerprint density at radius 1 is 1.07 bits per heavy atom. The number of amidine groups is 1. The number of anilines is 1. The summed E-state index contributed by atoms with van der Waals surface area (Å²) in [5.41, 5.74) is 2.24. The molecule has 6 nitrogen and oxygen atoms in total. The van der Waals surface area contributed by atoms with Gasteiger partial charge in [0.25, 0.3) is 0 Å². The second-order valence-corrected chi connectivity index (χ2v) is 10.7. The summed E-state index contributed by atoms with van der Waals surface area (Å²) >= 11 is 1.71. The molecule has 152 valence electrons. The molecule has 0 aromatic heterocycles. The van der Waals surface area contributed by atoms with Gasteiger partial charge in [0, 0.05) is 17.5 Å². The molecule has 2 aromatic rings. The number of rotatable bonds is 5. The van der Waals surface area contributed by atoms with Gasteiger partial charge in [-0.3, -0.25) is 4.99 Å². The first kappa shape index (κ1) is 18.8. The van der Waals surface area contributed by atoms with Gasteiger partial charge >= 0.3 is 0 Å². The number of nitrogens with zero attached hydrogens (tertiary/aromatic N) is 2. The number of fused-ring (bicyclic) bond motifs is 2. The first-order valence-corrected chi connectivity index (χ1v) is 12.5. The predicted octanol–water partition coefficient (Wildman–Crippen LogP) is 3.12. The minimum atomic E-state index is -3.06. The van der Waals surface area contributed by atoms with Gasteiger partial charge in [-0.2, -0.15) is 0 Å². The van der Waals surface area contributed by atoms with E-state index in [1.807, 2.05) is 24.3 Å². The molecule has 3 aliphatic heterocycles. The lowest BCUT2D eigenvalue weighted by Gasteiger charge is -2.26. The molecule has 3 heterocycles. The van der Waals surface area contributed by atoms with Crippen LogP contribution < -0.4 is 14.4 Å².